The van der Waals surface area contributed by atoms with Crippen molar-refractivity contribution in [2.75, 3.05) is 0 Å². The van der Waals surface area contributed by atoms with Gasteiger partial charge in [0, 0.05) is 9.70 Å². The first-order valence-electron chi connectivity index (χ1n) is 5.37. The SMILES string of the molecule is CC1(C(Br)Cc2cccs2)CCCC1. The van der Waals surface area contributed by atoms with Gasteiger partial charge in [-0.05, 0) is 36.1 Å². The van der Waals surface area contributed by atoms with Crippen LogP contribution in [0.25, 0.3) is 0 Å². The lowest BCUT2D eigenvalue weighted by Crippen LogP contribution is -2.25. The summed E-state index contributed by atoms with van der Waals surface area (Å²) >= 11 is 5.77. The molecule has 0 aromatic carbocycles. The largest absolute Gasteiger partial charge is 0.149 e. The molecule has 1 fully saturated rings. The van der Waals surface area contributed by atoms with Gasteiger partial charge < -0.3 is 0 Å². The molecule has 0 bridgehead atoms. The van der Waals surface area contributed by atoms with Crippen LogP contribution in [0.1, 0.15) is 37.5 Å². The van der Waals surface area contributed by atoms with Crippen LogP contribution in [0.4, 0.5) is 0 Å². The first kappa shape index (κ1) is 10.7. The lowest BCUT2D eigenvalue weighted by atomic mass is 9.83. The van der Waals surface area contributed by atoms with Crippen LogP contribution >= 0.6 is 27.3 Å². The molecule has 2 heteroatoms. The van der Waals surface area contributed by atoms with Crippen molar-refractivity contribution in [3.8, 4) is 0 Å². The predicted molar refractivity (Wildman–Crippen MR) is 67.3 cm³/mol. The molecule has 0 amide bonds. The summed E-state index contributed by atoms with van der Waals surface area (Å²) in [6.07, 6.45) is 6.84. The van der Waals surface area contributed by atoms with Gasteiger partial charge in [0.15, 0.2) is 0 Å². The Morgan fingerprint density at radius 2 is 2.21 bits per heavy atom. The monoisotopic (exact) mass is 272 g/mol. The third-order valence-electron chi connectivity index (χ3n) is 3.46. The summed E-state index contributed by atoms with van der Waals surface area (Å²) in [6.45, 7) is 2.44. The molecule has 0 spiro atoms. The van der Waals surface area contributed by atoms with Gasteiger partial charge in [-0.25, -0.2) is 0 Å². The smallest absolute Gasteiger partial charge is 0.0247 e. The molecule has 1 aromatic rings. The van der Waals surface area contributed by atoms with Gasteiger partial charge in [0.1, 0.15) is 0 Å². The van der Waals surface area contributed by atoms with Gasteiger partial charge in [-0.1, -0.05) is 41.8 Å². The third kappa shape index (κ3) is 2.22. The molecule has 0 saturated heterocycles. The van der Waals surface area contributed by atoms with Crippen molar-refractivity contribution in [3.63, 3.8) is 0 Å². The Bertz CT molecular complexity index is 273. The minimum absolute atomic E-state index is 0.546. The fourth-order valence-corrected chi connectivity index (χ4v) is 4.12. The number of halogens is 1. The van der Waals surface area contributed by atoms with E-state index in [4.69, 9.17) is 0 Å². The molecule has 1 aliphatic carbocycles. The van der Waals surface area contributed by atoms with E-state index < -0.39 is 0 Å². The maximum absolute atomic E-state index is 3.89. The summed E-state index contributed by atoms with van der Waals surface area (Å²) in [7, 11) is 0. The van der Waals surface area contributed by atoms with Crippen molar-refractivity contribution >= 4 is 27.3 Å². The second-order valence-electron chi connectivity index (χ2n) is 4.61. The summed E-state index contributed by atoms with van der Waals surface area (Å²) in [5.74, 6) is 0. The molecule has 1 aromatic heterocycles. The molecule has 1 aliphatic rings. The zero-order chi connectivity index (χ0) is 10.0. The number of hydrogen-bond acceptors (Lipinski definition) is 1. The van der Waals surface area contributed by atoms with Crippen LogP contribution in [0.3, 0.4) is 0 Å². The van der Waals surface area contributed by atoms with E-state index in [0.717, 1.165) is 0 Å². The van der Waals surface area contributed by atoms with Gasteiger partial charge in [0.25, 0.3) is 0 Å². The fourth-order valence-electron chi connectivity index (χ4n) is 2.35. The lowest BCUT2D eigenvalue weighted by Gasteiger charge is -2.29. The van der Waals surface area contributed by atoms with Crippen LogP contribution in [0, 0.1) is 5.41 Å². The minimum atomic E-state index is 0.546. The van der Waals surface area contributed by atoms with Crippen LogP contribution in [0.2, 0.25) is 0 Å². The summed E-state index contributed by atoms with van der Waals surface area (Å²) in [5, 5.41) is 2.17. The number of thiophene rings is 1. The highest BCUT2D eigenvalue weighted by atomic mass is 79.9. The van der Waals surface area contributed by atoms with E-state index in [1.807, 2.05) is 11.3 Å². The molecule has 0 radical (unpaired) electrons. The Morgan fingerprint density at radius 1 is 1.50 bits per heavy atom. The van der Waals surface area contributed by atoms with Crippen molar-refractivity contribution in [3.05, 3.63) is 22.4 Å². The molecular weight excluding hydrogens is 256 g/mol. The molecule has 0 N–H and O–H groups in total. The Kier molecular flexibility index (Phi) is 3.33. The molecule has 14 heavy (non-hydrogen) atoms. The normalized spacial score (nSPS) is 22.4. The standard InChI is InChI=1S/C12H17BrS/c1-12(6-2-3-7-12)11(13)9-10-5-4-8-14-10/h4-5,8,11H,2-3,6-7,9H2,1H3. The van der Waals surface area contributed by atoms with Crippen molar-refractivity contribution in [1.82, 2.24) is 0 Å². The van der Waals surface area contributed by atoms with E-state index in [1.165, 1.54) is 37.0 Å². The molecule has 78 valence electrons. The Labute approximate surface area is 98.9 Å². The minimum Gasteiger partial charge on any atom is -0.149 e. The van der Waals surface area contributed by atoms with Crippen LogP contribution in [-0.2, 0) is 6.42 Å². The van der Waals surface area contributed by atoms with Crippen LogP contribution in [-0.4, -0.2) is 4.83 Å². The summed E-state index contributed by atoms with van der Waals surface area (Å²) in [4.78, 5) is 2.18. The molecule has 2 rings (SSSR count). The Hall–Kier alpha value is 0.180. The van der Waals surface area contributed by atoms with E-state index >= 15 is 0 Å². The highest BCUT2D eigenvalue weighted by molar-refractivity contribution is 9.09. The summed E-state index contributed by atoms with van der Waals surface area (Å²) < 4.78 is 0. The number of rotatable bonds is 3. The van der Waals surface area contributed by atoms with E-state index in [0.29, 0.717) is 10.2 Å². The van der Waals surface area contributed by atoms with Crippen LogP contribution in [0.5, 0.6) is 0 Å². The zero-order valence-corrected chi connectivity index (χ0v) is 11.0. The molecule has 1 saturated carbocycles. The Morgan fingerprint density at radius 3 is 2.79 bits per heavy atom. The number of alkyl halides is 1. The maximum Gasteiger partial charge on any atom is 0.0247 e. The van der Waals surface area contributed by atoms with E-state index in [2.05, 4.69) is 40.4 Å². The fraction of sp³-hybridized carbons (Fsp3) is 0.667. The molecular formula is C12H17BrS. The molecule has 1 heterocycles. The van der Waals surface area contributed by atoms with Gasteiger partial charge in [-0.15, -0.1) is 11.3 Å². The van der Waals surface area contributed by atoms with Crippen molar-refractivity contribution in [2.45, 2.75) is 43.9 Å². The molecule has 0 aliphatic heterocycles. The second kappa shape index (κ2) is 4.36. The number of hydrogen-bond donors (Lipinski definition) is 0. The van der Waals surface area contributed by atoms with Gasteiger partial charge >= 0.3 is 0 Å². The Balaban J connectivity index is 1.98. The summed E-state index contributed by atoms with van der Waals surface area (Å²) in [5.41, 5.74) is 0.546. The third-order valence-corrected chi connectivity index (χ3v) is 5.79. The summed E-state index contributed by atoms with van der Waals surface area (Å²) in [6, 6.07) is 4.40. The first-order chi connectivity index (χ1) is 6.71. The van der Waals surface area contributed by atoms with Crippen LogP contribution < -0.4 is 0 Å². The van der Waals surface area contributed by atoms with Crippen molar-refractivity contribution < 1.29 is 0 Å². The first-order valence-corrected chi connectivity index (χ1v) is 7.17. The maximum atomic E-state index is 3.89. The molecule has 0 nitrogen and oxygen atoms in total. The van der Waals surface area contributed by atoms with Crippen molar-refractivity contribution in [1.29, 1.82) is 0 Å². The van der Waals surface area contributed by atoms with Gasteiger partial charge in [0.2, 0.25) is 0 Å². The molecule has 1 atom stereocenters. The van der Waals surface area contributed by atoms with E-state index in [-0.39, 0.29) is 0 Å². The quantitative estimate of drug-likeness (QED) is 0.704. The lowest BCUT2D eigenvalue weighted by molar-refractivity contribution is 0.326. The second-order valence-corrected chi connectivity index (χ2v) is 6.75. The van der Waals surface area contributed by atoms with E-state index in [9.17, 15) is 0 Å². The average Bonchev–Trinajstić information content (AvgIpc) is 2.76. The van der Waals surface area contributed by atoms with Crippen LogP contribution in [0.15, 0.2) is 17.5 Å². The van der Waals surface area contributed by atoms with Crippen molar-refractivity contribution in [2.24, 2.45) is 5.41 Å². The predicted octanol–water partition coefficient (Wildman–Crippen LogP) is 4.63. The van der Waals surface area contributed by atoms with Gasteiger partial charge in [-0.2, -0.15) is 0 Å². The highest BCUT2D eigenvalue weighted by Gasteiger charge is 2.35. The molecule has 1 unspecified atom stereocenters. The van der Waals surface area contributed by atoms with E-state index in [1.54, 1.807) is 0 Å². The van der Waals surface area contributed by atoms with Gasteiger partial charge in [0.05, 0.1) is 0 Å². The van der Waals surface area contributed by atoms with Gasteiger partial charge in [-0.3, -0.25) is 0 Å². The average molecular weight is 273 g/mol. The highest BCUT2D eigenvalue weighted by Crippen LogP contribution is 2.44. The topological polar surface area (TPSA) is 0 Å². The zero-order valence-electron chi connectivity index (χ0n) is 8.63.